The molecule has 0 aromatic rings. The Hall–Kier alpha value is -1.30. The molecule has 1 saturated heterocycles. The molecule has 0 saturated carbocycles. The molecule has 0 aliphatic carbocycles. The number of nitrogens with zero attached hydrogens (tertiary/aromatic N) is 1. The maximum absolute atomic E-state index is 12.0. The molecule has 1 heterocycles. The summed E-state index contributed by atoms with van der Waals surface area (Å²) < 4.78 is 5.60. The first-order valence-corrected chi connectivity index (χ1v) is 6.77. The molecule has 0 bridgehead atoms. The van der Waals surface area contributed by atoms with Gasteiger partial charge in [-0.2, -0.15) is 0 Å². The summed E-state index contributed by atoms with van der Waals surface area (Å²) in [5.41, 5.74) is -0.284. The van der Waals surface area contributed by atoms with Gasteiger partial charge in [0.1, 0.15) is 0 Å². The number of hydrogen-bond donors (Lipinski definition) is 2. The number of carbonyl (C=O) groups is 2. The first kappa shape index (κ1) is 15.8. The van der Waals surface area contributed by atoms with Crippen molar-refractivity contribution in [3.8, 4) is 0 Å². The average Bonchev–Trinajstić information content (AvgIpc) is 2.80. The van der Waals surface area contributed by atoms with E-state index in [-0.39, 0.29) is 18.2 Å². The van der Waals surface area contributed by atoms with E-state index in [1.165, 1.54) is 4.90 Å². The summed E-state index contributed by atoms with van der Waals surface area (Å²) in [6.45, 7) is 7.32. The summed E-state index contributed by atoms with van der Waals surface area (Å²) in [5.74, 6) is -1.46. The molecule has 2 unspecified atom stereocenters. The highest BCUT2D eigenvalue weighted by Gasteiger charge is 2.30. The smallest absolute Gasteiger partial charge is 0.317 e. The molecule has 110 valence electrons. The lowest BCUT2D eigenvalue weighted by Gasteiger charge is -2.27. The Morgan fingerprint density at radius 1 is 1.53 bits per heavy atom. The highest BCUT2D eigenvalue weighted by Crippen LogP contribution is 2.23. The first-order chi connectivity index (χ1) is 8.88. The third-order valence-corrected chi connectivity index (χ3v) is 3.50. The standard InChI is InChI=1S/C13H24N2O4/c1-4-15(8-10(2)11(16)17)12(18)14-9-13(3)6-5-7-19-13/h10H,4-9H2,1-3H3,(H,14,18)(H,16,17). The zero-order chi connectivity index (χ0) is 14.5. The van der Waals surface area contributed by atoms with Crippen molar-refractivity contribution in [2.24, 2.45) is 5.92 Å². The van der Waals surface area contributed by atoms with Crippen molar-refractivity contribution in [3.63, 3.8) is 0 Å². The Bertz CT molecular complexity index is 327. The van der Waals surface area contributed by atoms with Gasteiger partial charge in [0.05, 0.1) is 11.5 Å². The maximum atomic E-state index is 12.0. The van der Waals surface area contributed by atoms with Gasteiger partial charge >= 0.3 is 12.0 Å². The number of hydrogen-bond acceptors (Lipinski definition) is 3. The number of rotatable bonds is 6. The summed E-state index contributed by atoms with van der Waals surface area (Å²) in [5, 5.41) is 11.7. The fourth-order valence-electron chi connectivity index (χ4n) is 2.11. The quantitative estimate of drug-likeness (QED) is 0.764. The third-order valence-electron chi connectivity index (χ3n) is 3.50. The molecule has 0 radical (unpaired) electrons. The van der Waals surface area contributed by atoms with Crippen molar-refractivity contribution in [1.29, 1.82) is 0 Å². The molecule has 0 aromatic heterocycles. The van der Waals surface area contributed by atoms with Crippen LogP contribution in [-0.2, 0) is 9.53 Å². The van der Waals surface area contributed by atoms with Crippen LogP contribution in [0.1, 0.15) is 33.6 Å². The van der Waals surface area contributed by atoms with Gasteiger partial charge in [0.15, 0.2) is 0 Å². The van der Waals surface area contributed by atoms with Crippen molar-refractivity contribution < 1.29 is 19.4 Å². The zero-order valence-corrected chi connectivity index (χ0v) is 11.9. The molecule has 1 aliphatic rings. The molecule has 1 aliphatic heterocycles. The normalized spacial score (nSPS) is 23.9. The van der Waals surface area contributed by atoms with Crippen LogP contribution in [0.5, 0.6) is 0 Å². The summed E-state index contributed by atoms with van der Waals surface area (Å²) in [4.78, 5) is 24.3. The number of carboxylic acid groups (broad SMARTS) is 1. The Labute approximate surface area is 114 Å². The van der Waals surface area contributed by atoms with E-state index in [1.54, 1.807) is 6.92 Å². The third kappa shape index (κ3) is 4.70. The topological polar surface area (TPSA) is 78.9 Å². The van der Waals surface area contributed by atoms with E-state index in [9.17, 15) is 9.59 Å². The van der Waals surface area contributed by atoms with E-state index in [1.807, 2.05) is 13.8 Å². The number of aliphatic carboxylic acids is 1. The molecule has 6 nitrogen and oxygen atoms in total. The highest BCUT2D eigenvalue weighted by atomic mass is 16.5. The Kier molecular flexibility index (Phi) is 5.60. The van der Waals surface area contributed by atoms with E-state index in [2.05, 4.69) is 5.32 Å². The molecule has 2 amide bonds. The minimum atomic E-state index is -0.891. The lowest BCUT2D eigenvalue weighted by Crippen LogP contribution is -2.48. The van der Waals surface area contributed by atoms with Crippen LogP contribution in [0.15, 0.2) is 0 Å². The van der Waals surface area contributed by atoms with Crippen LogP contribution in [0.25, 0.3) is 0 Å². The molecule has 2 atom stereocenters. The molecule has 1 fully saturated rings. The second-order valence-corrected chi connectivity index (χ2v) is 5.34. The lowest BCUT2D eigenvalue weighted by molar-refractivity contribution is -0.141. The molecular formula is C13H24N2O4. The Morgan fingerprint density at radius 2 is 2.21 bits per heavy atom. The van der Waals surface area contributed by atoms with Gasteiger partial charge in [-0.1, -0.05) is 6.92 Å². The van der Waals surface area contributed by atoms with Crippen molar-refractivity contribution in [2.75, 3.05) is 26.2 Å². The highest BCUT2D eigenvalue weighted by molar-refractivity contribution is 5.76. The molecule has 19 heavy (non-hydrogen) atoms. The van der Waals surface area contributed by atoms with Gasteiger partial charge in [-0.3, -0.25) is 4.79 Å². The number of carbonyl (C=O) groups excluding carboxylic acids is 1. The van der Waals surface area contributed by atoms with E-state index in [0.29, 0.717) is 13.1 Å². The fourth-order valence-corrected chi connectivity index (χ4v) is 2.11. The van der Waals surface area contributed by atoms with Crippen LogP contribution in [-0.4, -0.2) is 53.8 Å². The summed E-state index contributed by atoms with van der Waals surface area (Å²) in [6, 6.07) is -0.229. The molecule has 0 aromatic carbocycles. The van der Waals surface area contributed by atoms with E-state index in [0.717, 1.165) is 19.4 Å². The summed E-state index contributed by atoms with van der Waals surface area (Å²) in [7, 11) is 0. The van der Waals surface area contributed by atoms with Gasteiger partial charge in [-0.25, -0.2) is 4.79 Å². The Morgan fingerprint density at radius 3 is 2.68 bits per heavy atom. The molecule has 2 N–H and O–H groups in total. The second-order valence-electron chi connectivity index (χ2n) is 5.34. The second kappa shape index (κ2) is 6.75. The predicted molar refractivity (Wildman–Crippen MR) is 71.0 cm³/mol. The molecule has 0 spiro atoms. The monoisotopic (exact) mass is 272 g/mol. The number of amides is 2. The average molecular weight is 272 g/mol. The van der Waals surface area contributed by atoms with Crippen LogP contribution in [0, 0.1) is 5.92 Å². The fraction of sp³-hybridized carbons (Fsp3) is 0.846. The van der Waals surface area contributed by atoms with E-state index < -0.39 is 11.9 Å². The SMILES string of the molecule is CCN(CC(C)C(=O)O)C(=O)NCC1(C)CCCO1. The van der Waals surface area contributed by atoms with Crippen molar-refractivity contribution >= 4 is 12.0 Å². The summed E-state index contributed by atoms with van der Waals surface area (Å²) in [6.07, 6.45) is 1.95. The first-order valence-electron chi connectivity index (χ1n) is 6.77. The van der Waals surface area contributed by atoms with Crippen molar-refractivity contribution in [2.45, 2.75) is 39.2 Å². The van der Waals surface area contributed by atoms with Crippen LogP contribution < -0.4 is 5.32 Å². The van der Waals surface area contributed by atoms with Gasteiger partial charge in [-0.05, 0) is 26.7 Å². The number of nitrogens with one attached hydrogen (secondary N) is 1. The van der Waals surface area contributed by atoms with Crippen LogP contribution >= 0.6 is 0 Å². The van der Waals surface area contributed by atoms with E-state index >= 15 is 0 Å². The van der Waals surface area contributed by atoms with Crippen LogP contribution in [0.3, 0.4) is 0 Å². The van der Waals surface area contributed by atoms with Crippen molar-refractivity contribution in [3.05, 3.63) is 0 Å². The minimum absolute atomic E-state index is 0.217. The number of carboxylic acids is 1. The maximum Gasteiger partial charge on any atom is 0.317 e. The van der Waals surface area contributed by atoms with Gasteiger partial charge in [0.2, 0.25) is 0 Å². The minimum Gasteiger partial charge on any atom is -0.481 e. The zero-order valence-electron chi connectivity index (χ0n) is 11.9. The van der Waals surface area contributed by atoms with Crippen LogP contribution in [0.4, 0.5) is 4.79 Å². The van der Waals surface area contributed by atoms with Gasteiger partial charge in [0.25, 0.3) is 0 Å². The van der Waals surface area contributed by atoms with Crippen LogP contribution in [0.2, 0.25) is 0 Å². The van der Waals surface area contributed by atoms with E-state index in [4.69, 9.17) is 9.84 Å². The Balaban J connectivity index is 2.43. The molecule has 6 heteroatoms. The number of urea groups is 1. The van der Waals surface area contributed by atoms with Gasteiger partial charge < -0.3 is 20.1 Å². The predicted octanol–water partition coefficient (Wildman–Crippen LogP) is 1.31. The summed E-state index contributed by atoms with van der Waals surface area (Å²) >= 11 is 0. The largest absolute Gasteiger partial charge is 0.481 e. The molecule has 1 rings (SSSR count). The number of ether oxygens (including phenoxy) is 1. The lowest BCUT2D eigenvalue weighted by atomic mass is 10.0. The van der Waals surface area contributed by atoms with Gasteiger partial charge in [0, 0.05) is 26.2 Å². The van der Waals surface area contributed by atoms with Gasteiger partial charge in [-0.15, -0.1) is 0 Å². The van der Waals surface area contributed by atoms with Crippen molar-refractivity contribution in [1.82, 2.24) is 10.2 Å². The molecular weight excluding hydrogens is 248 g/mol.